The quantitative estimate of drug-likeness (QED) is 0.798. The number of urea groups is 1. The maximum atomic E-state index is 12.7. The molecule has 1 rings (SSSR count). The van der Waals surface area contributed by atoms with Crippen molar-refractivity contribution in [2.24, 2.45) is 0 Å². The number of hydrogen-bond acceptors (Lipinski definition) is 3. The Bertz CT molecular complexity index is 515. The summed E-state index contributed by atoms with van der Waals surface area (Å²) in [6, 6.07) is 0.608. The third kappa shape index (κ3) is 3.41. The number of carbonyl (C=O) groups excluding carboxylic acids is 1. The van der Waals surface area contributed by atoms with Crippen molar-refractivity contribution in [1.29, 1.82) is 0 Å². The van der Waals surface area contributed by atoms with Gasteiger partial charge in [0.25, 0.3) is 0 Å². The maximum absolute atomic E-state index is 12.7. The van der Waals surface area contributed by atoms with Crippen molar-refractivity contribution in [2.75, 3.05) is 0 Å². The Morgan fingerprint density at radius 1 is 1.40 bits per heavy atom. The third-order valence-corrected chi connectivity index (χ3v) is 3.76. The lowest BCUT2D eigenvalue weighted by Crippen LogP contribution is -2.63. The summed E-state index contributed by atoms with van der Waals surface area (Å²) >= 11 is 1.34. The molecule has 0 saturated heterocycles. The van der Waals surface area contributed by atoms with E-state index in [0.29, 0.717) is 6.92 Å². The van der Waals surface area contributed by atoms with E-state index < -0.39 is 23.7 Å². The molecule has 0 radical (unpaired) electrons. The van der Waals surface area contributed by atoms with Gasteiger partial charge in [-0.1, -0.05) is 0 Å². The molecule has 2 amide bonds. The molecular formula is C11H13F3N2O3S. The molecule has 0 aliphatic carbocycles. The van der Waals surface area contributed by atoms with Crippen LogP contribution < -0.4 is 10.6 Å². The van der Waals surface area contributed by atoms with Crippen molar-refractivity contribution >= 4 is 23.3 Å². The van der Waals surface area contributed by atoms with Crippen LogP contribution in [0.25, 0.3) is 0 Å². The molecule has 112 valence electrons. The van der Waals surface area contributed by atoms with E-state index in [1.807, 2.05) is 0 Å². The minimum Gasteiger partial charge on any atom is -0.479 e. The number of amides is 2. The van der Waals surface area contributed by atoms with E-state index in [2.05, 4.69) is 5.32 Å². The van der Waals surface area contributed by atoms with Crippen LogP contribution in [0.2, 0.25) is 0 Å². The number of aryl methyl sites for hydroxylation is 1. The number of hydrogen-bond donors (Lipinski definition) is 3. The van der Waals surface area contributed by atoms with Gasteiger partial charge in [-0.25, -0.2) is 9.59 Å². The second kappa shape index (κ2) is 5.70. The summed E-state index contributed by atoms with van der Waals surface area (Å²) in [5.74, 6) is -2.17. The molecule has 1 aromatic heterocycles. The monoisotopic (exact) mass is 310 g/mol. The van der Waals surface area contributed by atoms with Gasteiger partial charge >= 0.3 is 18.2 Å². The highest BCUT2D eigenvalue weighted by atomic mass is 32.1. The topological polar surface area (TPSA) is 78.4 Å². The van der Waals surface area contributed by atoms with Crippen LogP contribution in [-0.2, 0) is 11.3 Å². The van der Waals surface area contributed by atoms with Crippen LogP contribution in [-0.4, -0.2) is 28.8 Å². The van der Waals surface area contributed by atoms with E-state index >= 15 is 0 Å². The molecule has 20 heavy (non-hydrogen) atoms. The minimum atomic E-state index is -5.10. The second-order valence-corrected chi connectivity index (χ2v) is 5.26. The number of halogens is 3. The maximum Gasteiger partial charge on any atom is 0.422 e. The number of alkyl halides is 3. The highest BCUT2D eigenvalue weighted by Gasteiger charge is 2.58. The van der Waals surface area contributed by atoms with Crippen LogP contribution in [0.15, 0.2) is 11.4 Å². The first-order valence-corrected chi connectivity index (χ1v) is 6.35. The zero-order chi connectivity index (χ0) is 15.6. The number of carboxylic acids is 1. The van der Waals surface area contributed by atoms with Gasteiger partial charge in [0.05, 0.1) is 6.54 Å². The SMILES string of the molecule is Cc1ccsc1CNC(=O)NC(C)(C(=O)O)C(F)(F)F. The van der Waals surface area contributed by atoms with E-state index in [4.69, 9.17) is 5.11 Å². The van der Waals surface area contributed by atoms with E-state index in [-0.39, 0.29) is 6.54 Å². The molecule has 1 atom stereocenters. The van der Waals surface area contributed by atoms with Gasteiger partial charge in [0.1, 0.15) is 0 Å². The van der Waals surface area contributed by atoms with E-state index in [0.717, 1.165) is 10.4 Å². The van der Waals surface area contributed by atoms with Gasteiger partial charge in [0, 0.05) is 4.88 Å². The number of rotatable bonds is 4. The normalized spacial score (nSPS) is 14.4. The predicted molar refractivity (Wildman–Crippen MR) is 66.5 cm³/mol. The molecule has 1 heterocycles. The molecule has 0 aromatic carbocycles. The molecule has 5 nitrogen and oxygen atoms in total. The van der Waals surface area contributed by atoms with E-state index in [9.17, 15) is 22.8 Å². The molecule has 3 N–H and O–H groups in total. The zero-order valence-corrected chi connectivity index (χ0v) is 11.5. The number of carbonyl (C=O) groups is 2. The second-order valence-electron chi connectivity index (χ2n) is 4.26. The van der Waals surface area contributed by atoms with E-state index in [1.165, 1.54) is 16.7 Å². The first-order chi connectivity index (χ1) is 9.08. The first kappa shape index (κ1) is 16.3. The molecule has 0 fully saturated rings. The molecule has 0 saturated carbocycles. The lowest BCUT2D eigenvalue weighted by Gasteiger charge is -2.28. The summed E-state index contributed by atoms with van der Waals surface area (Å²) in [7, 11) is 0. The Morgan fingerprint density at radius 2 is 2.00 bits per heavy atom. The fourth-order valence-corrected chi connectivity index (χ4v) is 2.11. The Morgan fingerprint density at radius 3 is 2.40 bits per heavy atom. The van der Waals surface area contributed by atoms with Crippen molar-refractivity contribution in [2.45, 2.75) is 32.1 Å². The summed E-state index contributed by atoms with van der Waals surface area (Å²) in [5, 5.41) is 14.1. The zero-order valence-electron chi connectivity index (χ0n) is 10.7. The summed E-state index contributed by atoms with van der Waals surface area (Å²) in [6.07, 6.45) is -5.10. The van der Waals surface area contributed by atoms with Gasteiger partial charge in [0.15, 0.2) is 0 Å². The molecule has 0 aliphatic heterocycles. The fourth-order valence-electron chi connectivity index (χ4n) is 1.26. The first-order valence-electron chi connectivity index (χ1n) is 5.47. The van der Waals surface area contributed by atoms with Crippen LogP contribution in [0, 0.1) is 6.92 Å². The van der Waals surface area contributed by atoms with Crippen molar-refractivity contribution in [3.05, 3.63) is 21.9 Å². The Labute approximate surface area is 116 Å². The molecule has 1 unspecified atom stereocenters. The van der Waals surface area contributed by atoms with Crippen molar-refractivity contribution < 1.29 is 27.9 Å². The average molecular weight is 310 g/mol. The Kier molecular flexibility index (Phi) is 4.64. The van der Waals surface area contributed by atoms with E-state index in [1.54, 1.807) is 18.4 Å². The van der Waals surface area contributed by atoms with Crippen LogP contribution in [0.5, 0.6) is 0 Å². The van der Waals surface area contributed by atoms with Crippen molar-refractivity contribution in [3.63, 3.8) is 0 Å². The van der Waals surface area contributed by atoms with Gasteiger partial charge in [-0.2, -0.15) is 13.2 Å². The smallest absolute Gasteiger partial charge is 0.422 e. The van der Waals surface area contributed by atoms with Gasteiger partial charge < -0.3 is 15.7 Å². The summed E-state index contributed by atoms with van der Waals surface area (Å²) in [6.45, 7) is 2.22. The Hall–Kier alpha value is -1.77. The fraction of sp³-hybridized carbons (Fsp3) is 0.455. The van der Waals surface area contributed by atoms with Gasteiger partial charge in [-0.05, 0) is 30.9 Å². The van der Waals surface area contributed by atoms with Crippen molar-refractivity contribution in [3.8, 4) is 0 Å². The summed E-state index contributed by atoms with van der Waals surface area (Å²) in [5.41, 5.74) is -2.44. The molecular weight excluding hydrogens is 297 g/mol. The van der Waals surface area contributed by atoms with Crippen LogP contribution in [0.1, 0.15) is 17.4 Å². The van der Waals surface area contributed by atoms with Crippen LogP contribution in [0.3, 0.4) is 0 Å². The lowest BCUT2D eigenvalue weighted by molar-refractivity contribution is -0.203. The Balaban J connectivity index is 2.69. The number of thiophene rings is 1. The highest BCUT2D eigenvalue weighted by molar-refractivity contribution is 7.10. The average Bonchev–Trinajstić information content (AvgIpc) is 2.70. The third-order valence-electron chi connectivity index (χ3n) is 2.74. The number of nitrogens with one attached hydrogen (secondary N) is 2. The summed E-state index contributed by atoms with van der Waals surface area (Å²) < 4.78 is 38.0. The predicted octanol–water partition coefficient (Wildman–Crippen LogP) is 2.26. The van der Waals surface area contributed by atoms with Gasteiger partial charge in [-0.3, -0.25) is 0 Å². The van der Waals surface area contributed by atoms with Crippen LogP contribution in [0.4, 0.5) is 18.0 Å². The lowest BCUT2D eigenvalue weighted by atomic mass is 10.0. The molecule has 9 heteroatoms. The molecule has 0 aliphatic rings. The summed E-state index contributed by atoms with van der Waals surface area (Å²) in [4.78, 5) is 22.9. The van der Waals surface area contributed by atoms with Gasteiger partial charge in [-0.15, -0.1) is 11.3 Å². The number of aliphatic carboxylic acids is 1. The number of carboxylic acid groups (broad SMARTS) is 1. The highest BCUT2D eigenvalue weighted by Crippen LogP contribution is 2.30. The largest absolute Gasteiger partial charge is 0.479 e. The molecule has 0 spiro atoms. The van der Waals surface area contributed by atoms with Crippen molar-refractivity contribution in [1.82, 2.24) is 10.6 Å². The van der Waals surface area contributed by atoms with Crippen LogP contribution >= 0.6 is 11.3 Å². The van der Waals surface area contributed by atoms with Gasteiger partial charge in [0.2, 0.25) is 5.54 Å². The minimum absolute atomic E-state index is 0.0306. The molecule has 0 bridgehead atoms. The standard InChI is InChI=1S/C11H13F3N2O3S/c1-6-3-4-20-7(6)5-15-9(19)16-10(2,8(17)18)11(12,13)14/h3-4H,5H2,1-2H3,(H,17,18)(H2,15,16,19). The molecule has 1 aromatic rings.